The molecule has 0 bridgehead atoms. The van der Waals surface area contributed by atoms with E-state index in [2.05, 4.69) is 63.8 Å². The molecule has 0 N–H and O–H groups in total. The minimum absolute atomic E-state index is 0.0272. The Morgan fingerprint density at radius 1 is 0.456 bits per heavy atom. The van der Waals surface area contributed by atoms with Crippen LogP contribution in [-0.4, -0.2) is 69.1 Å². The predicted molar refractivity (Wildman–Crippen MR) is 239 cm³/mol. The van der Waals surface area contributed by atoms with Gasteiger partial charge in [0.25, 0.3) is 0 Å². The summed E-state index contributed by atoms with van der Waals surface area (Å²) < 4.78 is 21.8. The number of carbonyl (C=O) groups excluding carboxylic acids is 3. The van der Waals surface area contributed by atoms with Crippen LogP contribution in [0.4, 0.5) is 4.79 Å². The van der Waals surface area contributed by atoms with Crippen LogP contribution in [0.5, 0.6) is 0 Å². The molecular formula is C49H91NO7. The van der Waals surface area contributed by atoms with Crippen LogP contribution in [0.15, 0.2) is 24.3 Å². The zero-order valence-electron chi connectivity index (χ0n) is 38.0. The Labute approximate surface area is 352 Å². The first-order valence-electron chi connectivity index (χ1n) is 24.0. The number of carbonyl (C=O) groups is 3. The Bertz CT molecular complexity index is 963. The van der Waals surface area contributed by atoms with Crippen LogP contribution in [-0.2, 0) is 28.5 Å². The molecule has 0 aromatic carbocycles. The van der Waals surface area contributed by atoms with Gasteiger partial charge in [0.15, 0.2) is 0 Å². The maximum absolute atomic E-state index is 12.7. The smallest absolute Gasteiger partial charge is 0.465 e. The van der Waals surface area contributed by atoms with Gasteiger partial charge in [-0.3, -0.25) is 9.59 Å². The van der Waals surface area contributed by atoms with Crippen LogP contribution in [0, 0.1) is 11.8 Å². The van der Waals surface area contributed by atoms with Crippen molar-refractivity contribution in [1.29, 1.82) is 0 Å². The van der Waals surface area contributed by atoms with E-state index in [-0.39, 0.29) is 38.4 Å². The van der Waals surface area contributed by atoms with E-state index in [4.69, 9.17) is 18.9 Å². The number of hydrogen-bond donors (Lipinski definition) is 0. The number of esters is 2. The number of allylic oxidation sites excluding steroid dienone is 4. The van der Waals surface area contributed by atoms with Gasteiger partial charge in [-0.1, -0.05) is 174 Å². The highest BCUT2D eigenvalue weighted by atomic mass is 16.7. The summed E-state index contributed by atoms with van der Waals surface area (Å²) in [6, 6.07) is 0. The van der Waals surface area contributed by atoms with Crippen molar-refractivity contribution in [2.24, 2.45) is 11.8 Å². The van der Waals surface area contributed by atoms with Gasteiger partial charge in [-0.2, -0.15) is 0 Å². The third-order valence-electron chi connectivity index (χ3n) is 10.9. The van der Waals surface area contributed by atoms with E-state index in [1.807, 2.05) is 0 Å². The zero-order chi connectivity index (χ0) is 41.9. The summed E-state index contributed by atoms with van der Waals surface area (Å²) in [7, 11) is 0. The number of hydrogen-bond acceptors (Lipinski definition) is 8. The number of rotatable bonds is 42. The largest absolute Gasteiger partial charge is 0.508 e. The minimum Gasteiger partial charge on any atom is -0.465 e. The highest BCUT2D eigenvalue weighted by Crippen LogP contribution is 2.24. The van der Waals surface area contributed by atoms with Crippen molar-refractivity contribution in [2.45, 2.75) is 214 Å². The molecule has 0 fully saturated rings. The number of ether oxygens (including phenoxy) is 4. The lowest BCUT2D eigenvalue weighted by Gasteiger charge is -2.18. The molecule has 334 valence electrons. The Balaban J connectivity index is 4.56. The fraction of sp³-hybridized carbons (Fsp3) is 0.857. The van der Waals surface area contributed by atoms with Crippen LogP contribution in [0.2, 0.25) is 0 Å². The Hall–Kier alpha value is -2.35. The molecule has 2 atom stereocenters. The molecule has 8 nitrogen and oxygen atoms in total. The van der Waals surface area contributed by atoms with Crippen LogP contribution in [0.3, 0.4) is 0 Å². The van der Waals surface area contributed by atoms with Crippen molar-refractivity contribution >= 4 is 18.1 Å². The third kappa shape index (κ3) is 38.9. The molecule has 2 unspecified atom stereocenters. The molecule has 0 amide bonds. The van der Waals surface area contributed by atoms with Gasteiger partial charge in [0.1, 0.15) is 19.8 Å². The summed E-state index contributed by atoms with van der Waals surface area (Å²) in [6.07, 6.45) is 39.7. The van der Waals surface area contributed by atoms with E-state index in [0.29, 0.717) is 12.8 Å². The van der Waals surface area contributed by atoms with Gasteiger partial charge in [-0.15, -0.1) is 0 Å². The Morgan fingerprint density at radius 2 is 0.912 bits per heavy atom. The van der Waals surface area contributed by atoms with E-state index < -0.39 is 12.1 Å². The quantitative estimate of drug-likeness (QED) is 0.0261. The van der Waals surface area contributed by atoms with Crippen LogP contribution >= 0.6 is 0 Å². The van der Waals surface area contributed by atoms with Gasteiger partial charge in [0, 0.05) is 19.4 Å². The third-order valence-corrected chi connectivity index (χ3v) is 10.9. The van der Waals surface area contributed by atoms with E-state index in [9.17, 15) is 14.4 Å². The van der Waals surface area contributed by atoms with Crippen molar-refractivity contribution < 1.29 is 33.3 Å². The SMILES string of the molecule is CCCCCC=CCC=CCCCCCCCC(=O)OCC(COC(=O)CCCCCC(CCCC)CCCCCCCC)COC(=O)OCCCN(CC)CC. The topological polar surface area (TPSA) is 91.4 Å². The van der Waals surface area contributed by atoms with Crippen molar-refractivity contribution in [1.82, 2.24) is 4.90 Å². The highest BCUT2D eigenvalue weighted by molar-refractivity contribution is 5.69. The molecule has 57 heavy (non-hydrogen) atoms. The minimum atomic E-state index is -0.754. The molecule has 0 radical (unpaired) electrons. The van der Waals surface area contributed by atoms with Gasteiger partial charge in [-0.05, 0) is 70.4 Å². The second-order valence-corrected chi connectivity index (χ2v) is 16.2. The molecule has 0 aromatic heterocycles. The van der Waals surface area contributed by atoms with Gasteiger partial charge >= 0.3 is 18.1 Å². The standard InChI is InChI=1S/C49H91NO7/c1-6-11-14-16-18-19-20-21-22-23-24-25-26-28-32-38-47(51)55-42-46(44-57-49(53)54-41-34-40-50(9-4)10-5)43-56-48(52)39-33-29-31-37-45(35-13-8-3)36-30-27-17-15-12-7-2/h18-19,21-22,45-46H,6-17,20,23-44H2,1-5H3. The van der Waals surface area contributed by atoms with Crippen molar-refractivity contribution in [3.05, 3.63) is 24.3 Å². The first-order chi connectivity index (χ1) is 27.9. The molecule has 0 aliphatic rings. The highest BCUT2D eigenvalue weighted by Gasteiger charge is 2.18. The van der Waals surface area contributed by atoms with Gasteiger partial charge < -0.3 is 23.8 Å². The van der Waals surface area contributed by atoms with Gasteiger partial charge in [0.2, 0.25) is 0 Å². The molecule has 0 rings (SSSR count). The summed E-state index contributed by atoms with van der Waals surface area (Å²) in [5.41, 5.74) is 0. The lowest BCUT2D eigenvalue weighted by molar-refractivity contribution is -0.150. The monoisotopic (exact) mass is 806 g/mol. The van der Waals surface area contributed by atoms with Gasteiger partial charge in [-0.25, -0.2) is 4.79 Å². The molecule has 0 aromatic rings. The fourth-order valence-corrected chi connectivity index (χ4v) is 7.02. The first kappa shape index (κ1) is 54.6. The second kappa shape index (κ2) is 43.2. The Morgan fingerprint density at radius 3 is 1.49 bits per heavy atom. The van der Waals surface area contributed by atoms with Gasteiger partial charge in [0.05, 0.1) is 12.5 Å². The summed E-state index contributed by atoms with van der Waals surface area (Å²) in [6.45, 7) is 14.0. The summed E-state index contributed by atoms with van der Waals surface area (Å²) in [5, 5.41) is 0. The maximum atomic E-state index is 12.7. The van der Waals surface area contributed by atoms with Crippen molar-refractivity contribution in [3.8, 4) is 0 Å². The Kier molecular flexibility index (Phi) is 41.5. The summed E-state index contributed by atoms with van der Waals surface area (Å²) >= 11 is 0. The molecule has 0 saturated carbocycles. The van der Waals surface area contributed by atoms with Crippen LogP contribution in [0.25, 0.3) is 0 Å². The normalized spacial score (nSPS) is 12.7. The molecule has 0 aliphatic heterocycles. The van der Waals surface area contributed by atoms with Crippen LogP contribution < -0.4 is 0 Å². The molecule has 0 aliphatic carbocycles. The molecular weight excluding hydrogens is 715 g/mol. The van der Waals surface area contributed by atoms with E-state index in [1.165, 1.54) is 103 Å². The van der Waals surface area contributed by atoms with Crippen molar-refractivity contribution in [2.75, 3.05) is 46.1 Å². The summed E-state index contributed by atoms with van der Waals surface area (Å²) in [4.78, 5) is 39.8. The molecule has 0 saturated heterocycles. The van der Waals surface area contributed by atoms with E-state index >= 15 is 0 Å². The lowest BCUT2D eigenvalue weighted by atomic mass is 9.90. The number of nitrogens with zero attached hydrogens (tertiary/aromatic N) is 1. The zero-order valence-corrected chi connectivity index (χ0v) is 38.0. The van der Waals surface area contributed by atoms with Crippen molar-refractivity contribution in [3.63, 3.8) is 0 Å². The number of unbranched alkanes of at least 4 members (excludes halogenated alkanes) is 16. The lowest BCUT2D eigenvalue weighted by Crippen LogP contribution is -2.27. The average Bonchev–Trinajstić information content (AvgIpc) is 3.21. The second-order valence-electron chi connectivity index (χ2n) is 16.2. The van der Waals surface area contributed by atoms with E-state index in [1.54, 1.807) is 0 Å². The molecule has 0 heterocycles. The molecule has 0 spiro atoms. The maximum Gasteiger partial charge on any atom is 0.508 e. The average molecular weight is 806 g/mol. The summed E-state index contributed by atoms with van der Waals surface area (Å²) in [5.74, 6) is -0.183. The molecule has 8 heteroatoms. The van der Waals surface area contributed by atoms with E-state index in [0.717, 1.165) is 89.8 Å². The predicted octanol–water partition coefficient (Wildman–Crippen LogP) is 13.9. The van der Waals surface area contributed by atoms with Crippen LogP contribution in [0.1, 0.15) is 214 Å². The first-order valence-corrected chi connectivity index (χ1v) is 24.0. The fourth-order valence-electron chi connectivity index (χ4n) is 7.02.